The van der Waals surface area contributed by atoms with E-state index >= 15 is 4.39 Å². The van der Waals surface area contributed by atoms with Crippen LogP contribution in [0.2, 0.25) is 5.15 Å². The number of aliphatic hydroxyl groups excluding tert-OH is 1. The Balaban J connectivity index is 1.58. The summed E-state index contributed by atoms with van der Waals surface area (Å²) in [5, 5.41) is 14.4. The van der Waals surface area contributed by atoms with Crippen molar-refractivity contribution in [3.63, 3.8) is 0 Å². The molecule has 0 radical (unpaired) electrons. The van der Waals surface area contributed by atoms with Gasteiger partial charge in [-0.3, -0.25) is 9.13 Å². The van der Waals surface area contributed by atoms with E-state index in [1.807, 2.05) is 0 Å². The van der Waals surface area contributed by atoms with Crippen molar-refractivity contribution >= 4 is 38.1 Å². The summed E-state index contributed by atoms with van der Waals surface area (Å²) in [6, 6.07) is 1.32. The molecule has 4 N–H and O–H groups in total. The first kappa shape index (κ1) is 25.8. The summed E-state index contributed by atoms with van der Waals surface area (Å²) in [5.74, 6) is -4.38. The molecule has 0 amide bonds. The van der Waals surface area contributed by atoms with Gasteiger partial charge in [0.1, 0.15) is 17.9 Å². The van der Waals surface area contributed by atoms with E-state index < -0.39 is 64.7 Å². The Kier molecular flexibility index (Phi) is 6.59. The van der Waals surface area contributed by atoms with E-state index in [-0.39, 0.29) is 35.1 Å². The second-order valence-corrected chi connectivity index (χ2v) is 12.5. The van der Waals surface area contributed by atoms with Gasteiger partial charge in [-0.25, -0.2) is 22.7 Å². The fourth-order valence-corrected chi connectivity index (χ4v) is 6.66. The normalized spacial score (nSPS) is 29.1. The minimum atomic E-state index is -4.88. The molecule has 0 aromatic carbocycles. The molecule has 190 valence electrons. The Morgan fingerprint density at radius 3 is 2.62 bits per heavy atom. The number of aliphatic hydroxyl groups is 1. The lowest BCUT2D eigenvalue weighted by Crippen LogP contribution is -2.40. The number of ether oxygens (including phenoxy) is 1. The van der Waals surface area contributed by atoms with Crippen LogP contribution in [0.3, 0.4) is 0 Å². The van der Waals surface area contributed by atoms with Crippen molar-refractivity contribution in [3.8, 4) is 0 Å². The predicted molar refractivity (Wildman–Crippen MR) is 111 cm³/mol. The van der Waals surface area contributed by atoms with Crippen molar-refractivity contribution < 1.29 is 51.3 Å². The summed E-state index contributed by atoms with van der Waals surface area (Å²) in [6.07, 6.45) is -2.80. The molecule has 0 saturated carbocycles. The number of halogens is 4. The van der Waals surface area contributed by atoms with Gasteiger partial charge in [0.25, 0.3) is 5.92 Å². The number of imidazole rings is 1. The largest absolute Gasteiger partial charge is 0.386 e. The SMILES string of the molecule is O=P(O)(O)CP(=O)(O)OC[C@H]1OC[C@@](F)(c2cnc3c(N4CCC(F)(F)C4)cc(Cl)nn23)[C@@H]1O. The lowest BCUT2D eigenvalue weighted by molar-refractivity contribution is -0.0137. The molecule has 34 heavy (non-hydrogen) atoms. The van der Waals surface area contributed by atoms with Crippen LogP contribution < -0.4 is 4.90 Å². The Bertz CT molecular complexity index is 1200. The molecule has 4 rings (SSSR count). The minimum Gasteiger partial charge on any atom is -0.386 e. The van der Waals surface area contributed by atoms with Crippen molar-refractivity contribution in [1.82, 2.24) is 14.6 Å². The molecule has 0 bridgehead atoms. The van der Waals surface area contributed by atoms with E-state index in [1.54, 1.807) is 0 Å². The Labute approximate surface area is 194 Å². The van der Waals surface area contributed by atoms with Gasteiger partial charge in [0.05, 0.1) is 31.6 Å². The molecule has 2 saturated heterocycles. The Hall–Kier alpha value is -1.28. The van der Waals surface area contributed by atoms with Crippen LogP contribution in [0.1, 0.15) is 12.1 Å². The van der Waals surface area contributed by atoms with E-state index in [0.29, 0.717) is 0 Å². The summed E-state index contributed by atoms with van der Waals surface area (Å²) < 4.78 is 76.9. The fraction of sp³-hybridized carbons (Fsp3) is 0.625. The molecular weight excluding hydrogens is 531 g/mol. The smallest absolute Gasteiger partial charge is 0.340 e. The van der Waals surface area contributed by atoms with Crippen LogP contribution >= 0.6 is 26.8 Å². The lowest BCUT2D eigenvalue weighted by Gasteiger charge is -2.24. The number of anilines is 1. The average molecular weight is 551 g/mol. The molecule has 4 heterocycles. The molecule has 4 atom stereocenters. The zero-order valence-electron chi connectivity index (χ0n) is 17.2. The van der Waals surface area contributed by atoms with Gasteiger partial charge in [0.2, 0.25) is 5.67 Å². The molecule has 0 aliphatic carbocycles. The maximum Gasteiger partial charge on any atom is 0.340 e. The number of rotatable bonds is 7. The first-order chi connectivity index (χ1) is 15.6. The molecule has 2 fully saturated rings. The second kappa shape index (κ2) is 8.68. The Morgan fingerprint density at radius 2 is 2.00 bits per heavy atom. The monoisotopic (exact) mass is 550 g/mol. The van der Waals surface area contributed by atoms with Crippen LogP contribution in [-0.4, -0.2) is 84.7 Å². The van der Waals surface area contributed by atoms with Crippen LogP contribution in [0.5, 0.6) is 0 Å². The highest BCUT2D eigenvalue weighted by Crippen LogP contribution is 2.55. The van der Waals surface area contributed by atoms with E-state index in [4.69, 9.17) is 26.1 Å². The first-order valence-corrected chi connectivity index (χ1v) is 13.7. The third-order valence-electron chi connectivity index (χ3n) is 5.49. The van der Waals surface area contributed by atoms with Crippen LogP contribution in [0.25, 0.3) is 5.65 Å². The molecule has 2 aliphatic heterocycles. The highest BCUT2D eigenvalue weighted by atomic mass is 35.5. The summed E-state index contributed by atoms with van der Waals surface area (Å²) in [4.78, 5) is 32.7. The summed E-state index contributed by atoms with van der Waals surface area (Å²) in [6.45, 7) is -2.19. The average Bonchev–Trinajstić information content (AvgIpc) is 3.35. The van der Waals surface area contributed by atoms with Gasteiger partial charge in [0, 0.05) is 19.0 Å². The Morgan fingerprint density at radius 1 is 1.29 bits per heavy atom. The standard InChI is InChI=1S/C16H20ClF3N4O8P2/c17-12-3-9(23-2-1-15(18,19)6-23)14-21-4-11(24(14)22-12)16(20)7-31-10(13(16)25)5-32-34(29,30)8-33(26,27)28/h3-4,10,13,25H,1-2,5-8H2,(H,29,30)(H2,26,27,28)/t10-,13-,16-/m1/s1. The number of alkyl halides is 3. The molecular formula is C16H20ClF3N4O8P2. The van der Waals surface area contributed by atoms with Crippen molar-refractivity contribution in [3.05, 3.63) is 23.1 Å². The van der Waals surface area contributed by atoms with Crippen molar-refractivity contribution in [2.75, 3.05) is 37.1 Å². The topological polar surface area (TPSA) is 167 Å². The number of nitrogens with zero attached hydrogens (tertiary/aromatic N) is 4. The van der Waals surface area contributed by atoms with Crippen LogP contribution in [0, 0.1) is 0 Å². The van der Waals surface area contributed by atoms with Gasteiger partial charge in [-0.15, -0.1) is 0 Å². The molecule has 2 aromatic rings. The third-order valence-corrected chi connectivity index (χ3v) is 9.13. The second-order valence-electron chi connectivity index (χ2n) is 8.15. The highest BCUT2D eigenvalue weighted by Gasteiger charge is 2.54. The quantitative estimate of drug-likeness (QED) is 0.369. The number of aromatic nitrogens is 3. The molecule has 0 spiro atoms. The minimum absolute atomic E-state index is 0.00688. The van der Waals surface area contributed by atoms with Crippen LogP contribution in [-0.2, 0) is 24.1 Å². The number of hydrogen-bond acceptors (Lipinski definition) is 8. The van der Waals surface area contributed by atoms with Crippen molar-refractivity contribution in [2.24, 2.45) is 0 Å². The number of fused-ring (bicyclic) bond motifs is 1. The highest BCUT2D eigenvalue weighted by molar-refractivity contribution is 7.70. The zero-order chi connectivity index (χ0) is 25.1. The van der Waals surface area contributed by atoms with Gasteiger partial charge in [-0.05, 0) is 0 Å². The predicted octanol–water partition coefficient (Wildman–Crippen LogP) is 1.49. The number of hydrogen-bond donors (Lipinski definition) is 4. The maximum atomic E-state index is 15.9. The lowest BCUT2D eigenvalue weighted by atomic mass is 9.95. The van der Waals surface area contributed by atoms with Crippen molar-refractivity contribution in [2.45, 2.75) is 30.2 Å². The van der Waals surface area contributed by atoms with Gasteiger partial charge in [0.15, 0.2) is 16.7 Å². The molecule has 2 aliphatic rings. The fourth-order valence-electron chi connectivity index (χ4n) is 3.91. The van der Waals surface area contributed by atoms with Crippen LogP contribution in [0.4, 0.5) is 18.9 Å². The summed E-state index contributed by atoms with van der Waals surface area (Å²) in [5.41, 5.74) is -2.75. The van der Waals surface area contributed by atoms with E-state index in [0.717, 1.165) is 10.7 Å². The van der Waals surface area contributed by atoms with Gasteiger partial charge in [-0.2, -0.15) is 5.10 Å². The third kappa shape index (κ3) is 5.13. The molecule has 2 aromatic heterocycles. The van der Waals surface area contributed by atoms with E-state index in [1.165, 1.54) is 11.0 Å². The first-order valence-electron chi connectivity index (χ1n) is 9.77. The van der Waals surface area contributed by atoms with Gasteiger partial charge >= 0.3 is 15.2 Å². The van der Waals surface area contributed by atoms with Crippen LogP contribution in [0.15, 0.2) is 12.3 Å². The summed E-state index contributed by atoms with van der Waals surface area (Å²) in [7, 11) is -9.64. The maximum absolute atomic E-state index is 15.9. The van der Waals surface area contributed by atoms with E-state index in [9.17, 15) is 27.9 Å². The van der Waals surface area contributed by atoms with E-state index in [2.05, 4.69) is 14.6 Å². The van der Waals surface area contributed by atoms with Crippen molar-refractivity contribution in [1.29, 1.82) is 0 Å². The van der Waals surface area contributed by atoms with Gasteiger partial charge < -0.3 is 33.9 Å². The molecule has 1 unspecified atom stereocenters. The summed E-state index contributed by atoms with van der Waals surface area (Å²) >= 11 is 6.04. The zero-order valence-corrected chi connectivity index (χ0v) is 19.7. The molecule has 12 nitrogen and oxygen atoms in total. The van der Waals surface area contributed by atoms with Gasteiger partial charge in [-0.1, -0.05) is 11.6 Å². The molecule has 18 heteroatoms.